The van der Waals surface area contributed by atoms with E-state index in [9.17, 15) is 9.59 Å². The summed E-state index contributed by atoms with van der Waals surface area (Å²) in [5, 5.41) is 4.06. The number of rotatable bonds is 21. The van der Waals surface area contributed by atoms with E-state index in [0.717, 1.165) is 31.4 Å². The minimum Gasteiger partial charge on any atom is -0.493 e. The first kappa shape index (κ1) is 35.2. The first-order valence-electron chi connectivity index (χ1n) is 14.3. The molecule has 2 rings (SSSR count). The second kappa shape index (κ2) is 20.0. The second-order valence-corrected chi connectivity index (χ2v) is 9.77. The third-order valence-corrected chi connectivity index (χ3v) is 6.71. The number of halogens is 1. The maximum Gasteiger partial charge on any atom is 0.325 e. The van der Waals surface area contributed by atoms with Crippen molar-refractivity contribution in [2.75, 3.05) is 76.6 Å². The van der Waals surface area contributed by atoms with Crippen LogP contribution in [0.4, 0.5) is 11.4 Å². The highest BCUT2D eigenvalue weighted by Crippen LogP contribution is 2.34. The van der Waals surface area contributed by atoms with Gasteiger partial charge in [-0.1, -0.05) is 29.6 Å². The number of benzene rings is 2. The van der Waals surface area contributed by atoms with Gasteiger partial charge in [0.1, 0.15) is 43.6 Å². The normalized spacial score (nSPS) is 10.3. The zero-order valence-corrected chi connectivity index (χ0v) is 26.2. The van der Waals surface area contributed by atoms with E-state index < -0.39 is 0 Å². The molecule has 0 unspecified atom stereocenters. The van der Waals surface area contributed by atoms with E-state index in [0.29, 0.717) is 54.2 Å². The molecule has 236 valence electrons. The number of carbonyl (C=O) groups is 2. The molecule has 0 aromatic heterocycles. The molecule has 12 nitrogen and oxygen atoms in total. The fourth-order valence-corrected chi connectivity index (χ4v) is 4.34. The molecule has 43 heavy (non-hydrogen) atoms. The van der Waals surface area contributed by atoms with E-state index in [-0.39, 0.29) is 38.2 Å². The van der Waals surface area contributed by atoms with Crippen molar-refractivity contribution in [2.45, 2.75) is 39.5 Å². The van der Waals surface area contributed by atoms with E-state index in [1.807, 2.05) is 35.8 Å². The Hall–Kier alpha value is -4.02. The summed E-state index contributed by atoms with van der Waals surface area (Å²) < 4.78 is 27.9. The van der Waals surface area contributed by atoms with Gasteiger partial charge >= 0.3 is 11.9 Å². The van der Waals surface area contributed by atoms with Crippen molar-refractivity contribution < 1.29 is 33.3 Å². The molecular formula is C30H42ClN5O7. The van der Waals surface area contributed by atoms with E-state index >= 15 is 0 Å². The van der Waals surface area contributed by atoms with Crippen LogP contribution in [0.5, 0.6) is 17.2 Å². The van der Waals surface area contributed by atoms with Gasteiger partial charge in [-0.2, -0.15) is 0 Å². The minimum absolute atomic E-state index is 0.0547. The summed E-state index contributed by atoms with van der Waals surface area (Å²) in [5.74, 6) is 1.00. The Morgan fingerprint density at radius 2 is 1.42 bits per heavy atom. The minimum atomic E-state index is -0.372. The molecule has 0 amide bonds. The number of hydrogen-bond donors (Lipinski definition) is 0. The molecule has 0 saturated heterocycles. The van der Waals surface area contributed by atoms with Crippen molar-refractivity contribution in [3.05, 3.63) is 51.9 Å². The highest BCUT2D eigenvalue weighted by Gasteiger charge is 2.18. The maximum atomic E-state index is 12.0. The molecule has 0 aliphatic carbocycles. The van der Waals surface area contributed by atoms with Crippen LogP contribution in [-0.2, 0) is 19.1 Å². The van der Waals surface area contributed by atoms with Crippen LogP contribution in [0.2, 0.25) is 5.02 Å². The fraction of sp³-hybridized carbons (Fsp3) is 0.533. The number of carbonyl (C=O) groups excluding carboxylic acids is 2. The lowest BCUT2D eigenvalue weighted by Gasteiger charge is -2.26. The fourth-order valence-electron chi connectivity index (χ4n) is 4.17. The predicted octanol–water partition coefficient (Wildman–Crippen LogP) is 6.05. The summed E-state index contributed by atoms with van der Waals surface area (Å²) in [7, 11) is 2.70. The van der Waals surface area contributed by atoms with E-state index in [4.69, 9.17) is 40.8 Å². The summed E-state index contributed by atoms with van der Waals surface area (Å²) in [6.07, 6.45) is 3.64. The molecule has 0 aliphatic rings. The molecule has 0 fully saturated rings. The third-order valence-electron chi connectivity index (χ3n) is 6.48. The highest BCUT2D eigenvalue weighted by atomic mass is 35.5. The number of azide groups is 1. The molecule has 0 saturated carbocycles. The van der Waals surface area contributed by atoms with E-state index in [2.05, 4.69) is 10.0 Å². The topological polar surface area (TPSA) is 136 Å². The molecule has 0 atom stereocenters. The van der Waals surface area contributed by atoms with Gasteiger partial charge in [0.05, 0.1) is 32.2 Å². The molecule has 0 radical (unpaired) electrons. The Morgan fingerprint density at radius 3 is 2.05 bits per heavy atom. The summed E-state index contributed by atoms with van der Waals surface area (Å²) in [6, 6.07) is 10.7. The van der Waals surface area contributed by atoms with Gasteiger partial charge in [-0.15, -0.1) is 0 Å². The van der Waals surface area contributed by atoms with Gasteiger partial charge in [0.25, 0.3) is 0 Å². The molecule has 0 aliphatic heterocycles. The number of likely N-dealkylation sites (N-methyl/N-ethyl adjacent to an activating group) is 2. The Morgan fingerprint density at radius 1 is 0.791 bits per heavy atom. The van der Waals surface area contributed by atoms with Gasteiger partial charge in [0.15, 0.2) is 0 Å². The van der Waals surface area contributed by atoms with E-state index in [1.165, 1.54) is 14.2 Å². The number of hydrogen-bond acceptors (Lipinski definition) is 10. The maximum absolute atomic E-state index is 12.0. The number of nitrogens with zero attached hydrogens (tertiary/aromatic N) is 5. The molecular weight excluding hydrogens is 578 g/mol. The Bertz CT molecular complexity index is 1210. The molecule has 0 heterocycles. The largest absolute Gasteiger partial charge is 0.493 e. The van der Waals surface area contributed by atoms with Crippen LogP contribution in [0.15, 0.2) is 41.5 Å². The van der Waals surface area contributed by atoms with Gasteiger partial charge in [-0.3, -0.25) is 9.59 Å². The van der Waals surface area contributed by atoms with Crippen LogP contribution in [0, 0.1) is 0 Å². The Labute approximate surface area is 258 Å². The van der Waals surface area contributed by atoms with Crippen LogP contribution in [-0.4, -0.2) is 78.7 Å². The van der Waals surface area contributed by atoms with Gasteiger partial charge in [0.2, 0.25) is 0 Å². The van der Waals surface area contributed by atoms with Crippen LogP contribution < -0.4 is 24.0 Å². The van der Waals surface area contributed by atoms with Crippen LogP contribution in [0.3, 0.4) is 0 Å². The summed E-state index contributed by atoms with van der Waals surface area (Å²) in [5.41, 5.74) is 9.75. The smallest absolute Gasteiger partial charge is 0.325 e. The lowest BCUT2D eigenvalue weighted by molar-refractivity contribution is -0.139. The highest BCUT2D eigenvalue weighted by molar-refractivity contribution is 6.31. The van der Waals surface area contributed by atoms with Crippen molar-refractivity contribution in [3.63, 3.8) is 0 Å². The quantitative estimate of drug-likeness (QED) is 0.0538. The monoisotopic (exact) mass is 619 g/mol. The van der Waals surface area contributed by atoms with Crippen molar-refractivity contribution in [1.82, 2.24) is 0 Å². The summed E-state index contributed by atoms with van der Waals surface area (Å²) in [4.78, 5) is 30.4. The van der Waals surface area contributed by atoms with Gasteiger partial charge in [-0.25, -0.2) is 0 Å². The number of ether oxygens (including phenoxy) is 5. The molecule has 0 spiro atoms. The van der Waals surface area contributed by atoms with Crippen LogP contribution >= 0.6 is 11.6 Å². The first-order valence-corrected chi connectivity index (χ1v) is 14.7. The van der Waals surface area contributed by atoms with Crippen LogP contribution in [0.25, 0.3) is 10.4 Å². The zero-order chi connectivity index (χ0) is 31.5. The molecule has 2 aromatic carbocycles. The molecule has 2 aromatic rings. The molecule has 0 bridgehead atoms. The second-order valence-electron chi connectivity index (χ2n) is 9.34. The lowest BCUT2D eigenvalue weighted by Crippen LogP contribution is -2.31. The first-order chi connectivity index (χ1) is 20.9. The van der Waals surface area contributed by atoms with Gasteiger partial charge in [0, 0.05) is 35.6 Å². The molecule has 0 N–H and O–H groups in total. The lowest BCUT2D eigenvalue weighted by atomic mass is 10.2. The van der Waals surface area contributed by atoms with Crippen molar-refractivity contribution in [2.24, 2.45) is 5.11 Å². The Kier molecular flexibility index (Phi) is 16.3. The van der Waals surface area contributed by atoms with E-state index in [1.54, 1.807) is 24.3 Å². The van der Waals surface area contributed by atoms with Crippen LogP contribution in [0.1, 0.15) is 39.5 Å². The average Bonchev–Trinajstić information content (AvgIpc) is 3.02. The summed E-state index contributed by atoms with van der Waals surface area (Å²) >= 11 is 6.24. The number of anilines is 2. The standard InChI is InChI=1S/C30H42ClN5O7/c1-5-35(21-29(37)39-3)25-13-12-24(41-16-10-8-7-9-15-33-34-32)20-28(25)43-18-17-42-27-14-11-23(31)19-26(27)36(6-2)22-30(38)40-4/h11-14,19-20H,5-10,15-18,21-22H2,1-4H3. The predicted molar refractivity (Wildman–Crippen MR) is 167 cm³/mol. The Balaban J connectivity index is 2.11. The van der Waals surface area contributed by atoms with Crippen molar-refractivity contribution in [1.29, 1.82) is 0 Å². The van der Waals surface area contributed by atoms with Crippen molar-refractivity contribution >= 4 is 34.9 Å². The van der Waals surface area contributed by atoms with Gasteiger partial charge in [-0.05, 0) is 62.6 Å². The SMILES string of the molecule is CCN(CC(=O)OC)c1ccc(OCCCCCCN=[N+]=[N-])cc1OCCOc1ccc(Cl)cc1N(CC)CC(=O)OC. The zero-order valence-electron chi connectivity index (χ0n) is 25.4. The molecule has 13 heteroatoms. The number of unbranched alkanes of at least 4 members (excludes halogenated alkanes) is 3. The third kappa shape index (κ3) is 12.4. The van der Waals surface area contributed by atoms with Crippen molar-refractivity contribution in [3.8, 4) is 17.2 Å². The average molecular weight is 620 g/mol. The number of esters is 2. The number of methoxy groups -OCH3 is 2. The summed E-state index contributed by atoms with van der Waals surface area (Å²) in [6.45, 7) is 6.52. The van der Waals surface area contributed by atoms with Gasteiger partial charge < -0.3 is 33.5 Å².